The van der Waals surface area contributed by atoms with Crippen LogP contribution in [0.3, 0.4) is 0 Å². The normalized spacial score (nSPS) is 15.2. The summed E-state index contributed by atoms with van der Waals surface area (Å²) in [6.45, 7) is 3.49. The molecular weight excluding hydrogens is 304 g/mol. The summed E-state index contributed by atoms with van der Waals surface area (Å²) in [5.74, 6) is 1.41. The molecule has 0 bridgehead atoms. The molecule has 24 heavy (non-hydrogen) atoms. The molecule has 3 rings (SSSR count). The van der Waals surface area contributed by atoms with Gasteiger partial charge in [-0.3, -0.25) is 4.79 Å². The highest BCUT2D eigenvalue weighted by Crippen LogP contribution is 2.19. The Morgan fingerprint density at radius 3 is 2.75 bits per heavy atom. The van der Waals surface area contributed by atoms with Crippen molar-refractivity contribution in [2.75, 3.05) is 25.5 Å². The van der Waals surface area contributed by atoms with Gasteiger partial charge in [-0.2, -0.15) is 0 Å². The molecule has 1 aliphatic heterocycles. The third-order valence-electron chi connectivity index (χ3n) is 4.25. The molecule has 2 aromatic rings. The van der Waals surface area contributed by atoms with Crippen LogP contribution in [0.25, 0.3) is 0 Å². The second kappa shape index (κ2) is 7.29. The molecule has 1 aliphatic rings. The molecule has 1 aromatic heterocycles. The third kappa shape index (κ3) is 3.82. The maximum atomic E-state index is 12.6. The summed E-state index contributed by atoms with van der Waals surface area (Å²) in [6.07, 6.45) is 3.27. The van der Waals surface area contributed by atoms with Crippen LogP contribution in [0.1, 0.15) is 28.8 Å². The van der Waals surface area contributed by atoms with Gasteiger partial charge in [0.05, 0.1) is 7.11 Å². The van der Waals surface area contributed by atoms with Gasteiger partial charge < -0.3 is 15.0 Å². The zero-order valence-electron chi connectivity index (χ0n) is 14.0. The first-order chi connectivity index (χ1) is 11.7. The summed E-state index contributed by atoms with van der Waals surface area (Å²) < 4.78 is 5.11. The fourth-order valence-electron chi connectivity index (χ4n) is 2.93. The number of carbonyl (C=O) groups excluding carboxylic acids is 1. The Morgan fingerprint density at radius 2 is 2.04 bits per heavy atom. The van der Waals surface area contributed by atoms with Gasteiger partial charge in [-0.05, 0) is 31.9 Å². The number of rotatable bonds is 4. The van der Waals surface area contributed by atoms with Crippen LogP contribution in [0, 0.1) is 6.92 Å². The predicted octanol–water partition coefficient (Wildman–Crippen LogP) is 2.51. The van der Waals surface area contributed by atoms with E-state index in [0.717, 1.165) is 42.9 Å². The van der Waals surface area contributed by atoms with Gasteiger partial charge in [0.1, 0.15) is 12.1 Å². The second-order valence-corrected chi connectivity index (χ2v) is 6.03. The zero-order valence-corrected chi connectivity index (χ0v) is 14.0. The number of carbonyl (C=O) groups is 1. The van der Waals surface area contributed by atoms with Gasteiger partial charge >= 0.3 is 0 Å². The number of anilines is 1. The van der Waals surface area contributed by atoms with Crippen molar-refractivity contribution in [1.82, 2.24) is 14.9 Å². The molecule has 0 unspecified atom stereocenters. The van der Waals surface area contributed by atoms with E-state index in [1.807, 2.05) is 36.1 Å². The average Bonchev–Trinajstić information content (AvgIpc) is 2.62. The lowest BCUT2D eigenvalue weighted by Crippen LogP contribution is -2.42. The Morgan fingerprint density at radius 1 is 1.25 bits per heavy atom. The van der Waals surface area contributed by atoms with Crippen molar-refractivity contribution in [2.24, 2.45) is 0 Å². The minimum Gasteiger partial charge on any atom is -0.481 e. The molecule has 2 heterocycles. The maximum absolute atomic E-state index is 12.6. The molecule has 1 aromatic carbocycles. The highest BCUT2D eigenvalue weighted by Gasteiger charge is 2.23. The number of piperidine rings is 1. The summed E-state index contributed by atoms with van der Waals surface area (Å²) in [5, 5.41) is 3.39. The van der Waals surface area contributed by atoms with Crippen LogP contribution in [-0.4, -0.2) is 47.0 Å². The number of nitrogens with zero attached hydrogens (tertiary/aromatic N) is 3. The van der Waals surface area contributed by atoms with Crippen LogP contribution in [-0.2, 0) is 0 Å². The van der Waals surface area contributed by atoms with E-state index in [0.29, 0.717) is 11.9 Å². The maximum Gasteiger partial charge on any atom is 0.253 e. The predicted molar refractivity (Wildman–Crippen MR) is 92.3 cm³/mol. The largest absolute Gasteiger partial charge is 0.481 e. The highest BCUT2D eigenvalue weighted by molar-refractivity contribution is 5.94. The Bertz CT molecular complexity index is 712. The summed E-state index contributed by atoms with van der Waals surface area (Å²) >= 11 is 0. The highest BCUT2D eigenvalue weighted by atomic mass is 16.5. The van der Waals surface area contributed by atoms with Crippen LogP contribution >= 0.6 is 0 Å². The number of hydrogen-bond donors (Lipinski definition) is 1. The SMILES string of the molecule is COc1cc(NC2CCN(C(=O)c3cccc(C)c3)CC2)ncn1. The van der Waals surface area contributed by atoms with Crippen molar-refractivity contribution in [1.29, 1.82) is 0 Å². The number of aryl methyl sites for hydroxylation is 1. The molecule has 0 aliphatic carbocycles. The lowest BCUT2D eigenvalue weighted by molar-refractivity contribution is 0.0718. The first-order valence-corrected chi connectivity index (χ1v) is 8.14. The monoisotopic (exact) mass is 326 g/mol. The average molecular weight is 326 g/mol. The van der Waals surface area contributed by atoms with Crippen molar-refractivity contribution in [3.63, 3.8) is 0 Å². The summed E-state index contributed by atoms with van der Waals surface area (Å²) in [6, 6.07) is 9.84. The number of benzene rings is 1. The van der Waals surface area contributed by atoms with Crippen LogP contribution in [0.5, 0.6) is 5.88 Å². The van der Waals surface area contributed by atoms with Gasteiger partial charge in [0, 0.05) is 30.8 Å². The molecule has 1 saturated heterocycles. The lowest BCUT2D eigenvalue weighted by Gasteiger charge is -2.32. The van der Waals surface area contributed by atoms with Gasteiger partial charge in [-0.25, -0.2) is 9.97 Å². The molecule has 0 radical (unpaired) electrons. The molecule has 0 atom stereocenters. The standard InChI is InChI=1S/C18H22N4O2/c1-13-4-3-5-14(10-13)18(23)22-8-6-15(7-9-22)21-16-11-17(24-2)20-12-19-16/h3-5,10-12,15H,6-9H2,1-2H3,(H,19,20,21). The molecule has 6 heteroatoms. The van der Waals surface area contributed by atoms with E-state index in [9.17, 15) is 4.79 Å². The van der Waals surface area contributed by atoms with Gasteiger partial charge in [-0.1, -0.05) is 17.7 Å². The smallest absolute Gasteiger partial charge is 0.253 e. The van der Waals surface area contributed by atoms with Crippen LogP contribution in [0.15, 0.2) is 36.7 Å². The first kappa shape index (κ1) is 16.2. The fraction of sp³-hybridized carbons (Fsp3) is 0.389. The van der Waals surface area contributed by atoms with Crippen LogP contribution in [0.2, 0.25) is 0 Å². The van der Waals surface area contributed by atoms with Crippen LogP contribution < -0.4 is 10.1 Å². The van der Waals surface area contributed by atoms with Crippen molar-refractivity contribution in [3.8, 4) is 5.88 Å². The van der Waals surface area contributed by atoms with Gasteiger partial charge in [-0.15, -0.1) is 0 Å². The fourth-order valence-corrected chi connectivity index (χ4v) is 2.93. The topological polar surface area (TPSA) is 67.3 Å². The summed E-state index contributed by atoms with van der Waals surface area (Å²) in [7, 11) is 1.58. The molecule has 1 fully saturated rings. The minimum atomic E-state index is 0.112. The molecule has 0 spiro atoms. The van der Waals surface area contributed by atoms with Crippen molar-refractivity contribution in [3.05, 3.63) is 47.8 Å². The Balaban J connectivity index is 1.56. The van der Waals surface area contributed by atoms with Crippen molar-refractivity contribution >= 4 is 11.7 Å². The second-order valence-electron chi connectivity index (χ2n) is 6.03. The number of likely N-dealkylation sites (tertiary alicyclic amines) is 1. The van der Waals surface area contributed by atoms with E-state index < -0.39 is 0 Å². The molecule has 1 N–H and O–H groups in total. The van der Waals surface area contributed by atoms with Gasteiger partial charge in [0.25, 0.3) is 5.91 Å². The quantitative estimate of drug-likeness (QED) is 0.935. The van der Waals surface area contributed by atoms with E-state index in [4.69, 9.17) is 4.74 Å². The molecular formula is C18H22N4O2. The number of amides is 1. The van der Waals surface area contributed by atoms with E-state index in [-0.39, 0.29) is 5.91 Å². The first-order valence-electron chi connectivity index (χ1n) is 8.14. The summed E-state index contributed by atoms with van der Waals surface area (Å²) in [5.41, 5.74) is 1.87. The molecule has 0 saturated carbocycles. The van der Waals surface area contributed by atoms with Gasteiger partial charge in [0.2, 0.25) is 5.88 Å². The van der Waals surface area contributed by atoms with E-state index in [1.165, 1.54) is 6.33 Å². The zero-order chi connectivity index (χ0) is 16.9. The van der Waals surface area contributed by atoms with Crippen molar-refractivity contribution in [2.45, 2.75) is 25.8 Å². The lowest BCUT2D eigenvalue weighted by atomic mass is 10.0. The Hall–Kier alpha value is -2.63. The number of ether oxygens (including phenoxy) is 1. The minimum absolute atomic E-state index is 0.112. The van der Waals surface area contributed by atoms with Crippen LogP contribution in [0.4, 0.5) is 5.82 Å². The van der Waals surface area contributed by atoms with E-state index in [2.05, 4.69) is 15.3 Å². The summed E-state index contributed by atoms with van der Waals surface area (Å²) in [4.78, 5) is 22.7. The van der Waals surface area contributed by atoms with Crippen molar-refractivity contribution < 1.29 is 9.53 Å². The number of aromatic nitrogens is 2. The number of hydrogen-bond acceptors (Lipinski definition) is 5. The Kier molecular flexibility index (Phi) is 4.93. The third-order valence-corrected chi connectivity index (χ3v) is 4.25. The number of nitrogens with one attached hydrogen (secondary N) is 1. The molecule has 126 valence electrons. The van der Waals surface area contributed by atoms with Gasteiger partial charge in [0.15, 0.2) is 0 Å². The molecule has 6 nitrogen and oxygen atoms in total. The van der Waals surface area contributed by atoms with E-state index in [1.54, 1.807) is 13.2 Å². The van der Waals surface area contributed by atoms with E-state index >= 15 is 0 Å². The number of methoxy groups -OCH3 is 1. The Labute approximate surface area is 141 Å². The molecule has 1 amide bonds.